The maximum absolute atomic E-state index is 11.6. The molecule has 210 valence electrons. The average molecular weight is 497 g/mol. The number of aliphatic hydroxyl groups excluding tert-OH is 1. The molecule has 35 heavy (non-hydrogen) atoms. The van der Waals surface area contributed by atoms with E-state index in [1.165, 1.54) is 135 Å². The number of carboxylic acid groups (broad SMARTS) is 1. The molecule has 2 N–H and O–H groups in total. The molecule has 0 fully saturated rings. The van der Waals surface area contributed by atoms with Gasteiger partial charge in [0.15, 0.2) is 0 Å². The van der Waals surface area contributed by atoms with Crippen LogP contribution in [0.4, 0.5) is 0 Å². The summed E-state index contributed by atoms with van der Waals surface area (Å²) in [6.45, 7) is 4.53. The minimum Gasteiger partial charge on any atom is -0.481 e. The van der Waals surface area contributed by atoms with Crippen molar-refractivity contribution in [3.8, 4) is 0 Å². The molecule has 0 rings (SSSR count). The summed E-state index contributed by atoms with van der Waals surface area (Å²) in [7, 11) is 0. The predicted molar refractivity (Wildman–Crippen MR) is 153 cm³/mol. The fourth-order valence-corrected chi connectivity index (χ4v) is 5.26. The van der Waals surface area contributed by atoms with Gasteiger partial charge in [-0.3, -0.25) is 4.79 Å². The normalized spacial score (nSPS) is 13.2. The summed E-state index contributed by atoms with van der Waals surface area (Å²) in [6.07, 6.45) is 33.0. The molecular formula is C32H64O3. The molecule has 0 aromatic carbocycles. The molecule has 0 spiro atoms. The van der Waals surface area contributed by atoms with Crippen molar-refractivity contribution < 1.29 is 15.0 Å². The second-order valence-electron chi connectivity index (χ2n) is 11.2. The Labute approximate surface area is 220 Å². The van der Waals surface area contributed by atoms with E-state index in [1.54, 1.807) is 0 Å². The highest BCUT2D eigenvalue weighted by Crippen LogP contribution is 2.21. The maximum Gasteiger partial charge on any atom is 0.309 e. The van der Waals surface area contributed by atoms with Crippen molar-refractivity contribution in [2.45, 2.75) is 193 Å². The van der Waals surface area contributed by atoms with Crippen LogP contribution < -0.4 is 0 Å². The van der Waals surface area contributed by atoms with Gasteiger partial charge in [-0.05, 0) is 12.8 Å². The van der Waals surface area contributed by atoms with Gasteiger partial charge in [0.05, 0.1) is 12.0 Å². The maximum atomic E-state index is 11.6. The monoisotopic (exact) mass is 496 g/mol. The van der Waals surface area contributed by atoms with E-state index in [1.807, 2.05) is 0 Å². The van der Waals surface area contributed by atoms with Crippen LogP contribution in [0.5, 0.6) is 0 Å². The van der Waals surface area contributed by atoms with Crippen LogP contribution in [-0.4, -0.2) is 22.3 Å². The van der Waals surface area contributed by atoms with Gasteiger partial charge in [0.25, 0.3) is 0 Å². The van der Waals surface area contributed by atoms with Crippen molar-refractivity contribution in [1.29, 1.82) is 0 Å². The quantitative estimate of drug-likeness (QED) is 0.101. The van der Waals surface area contributed by atoms with E-state index in [9.17, 15) is 15.0 Å². The molecule has 0 aromatic rings. The Bertz CT molecular complexity index is 423. The van der Waals surface area contributed by atoms with Crippen molar-refractivity contribution in [3.63, 3.8) is 0 Å². The largest absolute Gasteiger partial charge is 0.481 e. The minimum absolute atomic E-state index is 0.574. The number of hydrogen-bond donors (Lipinski definition) is 2. The van der Waals surface area contributed by atoms with Gasteiger partial charge in [-0.1, -0.05) is 174 Å². The average Bonchev–Trinajstić information content (AvgIpc) is 2.84. The minimum atomic E-state index is -0.810. The molecule has 3 nitrogen and oxygen atoms in total. The number of aliphatic hydroxyl groups is 1. The fourth-order valence-electron chi connectivity index (χ4n) is 5.26. The molecule has 0 aliphatic carbocycles. The summed E-state index contributed by atoms with van der Waals surface area (Å²) in [4.78, 5) is 11.6. The molecule has 0 aromatic heterocycles. The van der Waals surface area contributed by atoms with E-state index < -0.39 is 18.0 Å². The topological polar surface area (TPSA) is 57.5 Å². The van der Waals surface area contributed by atoms with Gasteiger partial charge in [0, 0.05) is 0 Å². The molecule has 0 aliphatic heterocycles. The van der Waals surface area contributed by atoms with E-state index in [2.05, 4.69) is 13.8 Å². The number of carboxylic acids is 1. The van der Waals surface area contributed by atoms with Crippen molar-refractivity contribution >= 4 is 5.97 Å². The lowest BCUT2D eigenvalue weighted by Crippen LogP contribution is -2.28. The number of unbranched alkanes of at least 4 members (excludes halogenated alkanes) is 23. The molecule has 0 saturated heterocycles. The van der Waals surface area contributed by atoms with E-state index in [-0.39, 0.29) is 0 Å². The summed E-state index contributed by atoms with van der Waals surface area (Å²) in [6, 6.07) is 0. The predicted octanol–water partition coefficient (Wildman–Crippen LogP) is 10.6. The summed E-state index contributed by atoms with van der Waals surface area (Å²) < 4.78 is 0. The third kappa shape index (κ3) is 24.9. The summed E-state index contributed by atoms with van der Waals surface area (Å²) in [5, 5.41) is 20.0. The molecule has 0 heterocycles. The molecular weight excluding hydrogens is 432 g/mol. The molecule has 0 bridgehead atoms. The van der Waals surface area contributed by atoms with Gasteiger partial charge in [0.2, 0.25) is 0 Å². The Morgan fingerprint density at radius 3 is 1.00 bits per heavy atom. The second kappa shape index (κ2) is 28.0. The van der Waals surface area contributed by atoms with Gasteiger partial charge in [0.1, 0.15) is 0 Å². The molecule has 2 atom stereocenters. The number of carbonyl (C=O) groups is 1. The van der Waals surface area contributed by atoms with E-state index in [0.717, 1.165) is 25.7 Å². The van der Waals surface area contributed by atoms with Crippen LogP contribution >= 0.6 is 0 Å². The zero-order valence-corrected chi connectivity index (χ0v) is 24.0. The number of hydrogen-bond acceptors (Lipinski definition) is 2. The van der Waals surface area contributed by atoms with Crippen LogP contribution in [0.3, 0.4) is 0 Å². The molecule has 0 amide bonds. The summed E-state index contributed by atoms with van der Waals surface area (Å²) in [5.74, 6) is -1.38. The van der Waals surface area contributed by atoms with Crippen molar-refractivity contribution in [3.05, 3.63) is 0 Å². The number of rotatable bonds is 29. The van der Waals surface area contributed by atoms with Gasteiger partial charge >= 0.3 is 5.97 Å². The highest BCUT2D eigenvalue weighted by atomic mass is 16.4. The second-order valence-corrected chi connectivity index (χ2v) is 11.2. The Kier molecular flexibility index (Phi) is 27.6. The van der Waals surface area contributed by atoms with E-state index in [4.69, 9.17) is 0 Å². The lowest BCUT2D eigenvalue weighted by molar-refractivity contribution is -0.146. The SMILES string of the molecule is CCCCCCCCCCCCCCC[C@H](O)[C@@H](CCCCCCCCCCCCCC)C(=O)O. The molecule has 3 heteroatoms. The van der Waals surface area contributed by atoms with Crippen LogP contribution in [0.25, 0.3) is 0 Å². The Morgan fingerprint density at radius 1 is 0.457 bits per heavy atom. The Morgan fingerprint density at radius 2 is 0.714 bits per heavy atom. The molecule has 0 radical (unpaired) electrons. The number of aliphatic carboxylic acids is 1. The van der Waals surface area contributed by atoms with Crippen LogP contribution in [-0.2, 0) is 4.79 Å². The van der Waals surface area contributed by atoms with Gasteiger partial charge in [-0.25, -0.2) is 0 Å². The Balaban J connectivity index is 3.56. The van der Waals surface area contributed by atoms with E-state index in [0.29, 0.717) is 12.8 Å². The third-order valence-electron chi connectivity index (χ3n) is 7.75. The van der Waals surface area contributed by atoms with Gasteiger partial charge < -0.3 is 10.2 Å². The highest BCUT2D eigenvalue weighted by Gasteiger charge is 2.25. The standard InChI is InChI=1S/C32H64O3/c1-3-5-7-9-11-13-15-17-19-21-23-25-27-29-31(33)30(32(34)35)28-26-24-22-20-18-16-14-12-10-8-6-4-2/h30-31,33H,3-29H2,1-2H3,(H,34,35)/t30-,31+/m1/s1. The first-order valence-corrected chi connectivity index (χ1v) is 16.0. The first-order valence-electron chi connectivity index (χ1n) is 16.0. The molecule has 0 saturated carbocycles. The summed E-state index contributed by atoms with van der Waals surface area (Å²) >= 11 is 0. The summed E-state index contributed by atoms with van der Waals surface area (Å²) in [5.41, 5.74) is 0. The molecule has 0 aliphatic rings. The van der Waals surface area contributed by atoms with E-state index >= 15 is 0 Å². The van der Waals surface area contributed by atoms with Crippen molar-refractivity contribution in [1.82, 2.24) is 0 Å². The zero-order chi connectivity index (χ0) is 25.8. The zero-order valence-electron chi connectivity index (χ0n) is 24.0. The van der Waals surface area contributed by atoms with Crippen molar-refractivity contribution in [2.75, 3.05) is 0 Å². The molecule has 0 unspecified atom stereocenters. The lowest BCUT2D eigenvalue weighted by atomic mass is 9.91. The fraction of sp³-hybridized carbons (Fsp3) is 0.969. The Hall–Kier alpha value is -0.570. The van der Waals surface area contributed by atoms with Gasteiger partial charge in [-0.2, -0.15) is 0 Å². The third-order valence-corrected chi connectivity index (χ3v) is 7.75. The van der Waals surface area contributed by atoms with Crippen LogP contribution in [0.2, 0.25) is 0 Å². The lowest BCUT2D eigenvalue weighted by Gasteiger charge is -2.19. The first-order chi connectivity index (χ1) is 17.1. The smallest absolute Gasteiger partial charge is 0.309 e. The van der Waals surface area contributed by atoms with Gasteiger partial charge in [-0.15, -0.1) is 0 Å². The highest BCUT2D eigenvalue weighted by molar-refractivity contribution is 5.70. The van der Waals surface area contributed by atoms with Crippen LogP contribution in [0, 0.1) is 5.92 Å². The van der Waals surface area contributed by atoms with Crippen LogP contribution in [0.15, 0.2) is 0 Å². The van der Waals surface area contributed by atoms with Crippen LogP contribution in [0.1, 0.15) is 187 Å². The first kappa shape index (κ1) is 34.4. The van der Waals surface area contributed by atoms with Crippen molar-refractivity contribution in [2.24, 2.45) is 5.92 Å².